The number of anilines is 3. The normalized spacial score (nSPS) is 10.2. The summed E-state index contributed by atoms with van der Waals surface area (Å²) >= 11 is 0. The highest BCUT2D eigenvalue weighted by molar-refractivity contribution is 6.04. The molecule has 6 nitrogen and oxygen atoms in total. The van der Waals surface area contributed by atoms with E-state index in [1.165, 1.54) is 0 Å². The Morgan fingerprint density at radius 2 is 1.92 bits per heavy atom. The van der Waals surface area contributed by atoms with E-state index < -0.39 is 0 Å². The molecule has 2 aromatic carbocycles. The van der Waals surface area contributed by atoms with Crippen LogP contribution in [0.2, 0.25) is 0 Å². The summed E-state index contributed by atoms with van der Waals surface area (Å²) in [6, 6.07) is 14.6. The van der Waals surface area contributed by atoms with Crippen LogP contribution in [-0.2, 0) is 0 Å². The molecule has 0 saturated carbocycles. The number of benzene rings is 2. The number of carbonyl (C=O) groups is 1. The first-order valence-electron chi connectivity index (χ1n) is 7.72. The molecule has 3 aromatic rings. The van der Waals surface area contributed by atoms with Gasteiger partial charge < -0.3 is 15.0 Å². The smallest absolute Gasteiger partial charge is 0.255 e. The molecule has 25 heavy (non-hydrogen) atoms. The van der Waals surface area contributed by atoms with Gasteiger partial charge in [-0.2, -0.15) is 0 Å². The molecule has 1 amide bonds. The van der Waals surface area contributed by atoms with Gasteiger partial charge in [0.2, 0.25) is 0 Å². The zero-order chi connectivity index (χ0) is 17.6. The number of aromatic nitrogens is 2. The summed E-state index contributed by atoms with van der Waals surface area (Å²) in [6.45, 7) is 0. The van der Waals surface area contributed by atoms with Gasteiger partial charge in [-0.25, -0.2) is 4.98 Å². The van der Waals surface area contributed by atoms with Crippen LogP contribution in [0, 0.1) is 0 Å². The summed E-state index contributed by atoms with van der Waals surface area (Å²) < 4.78 is 5.35. The number of methoxy groups -OCH3 is 1. The van der Waals surface area contributed by atoms with E-state index in [2.05, 4.69) is 15.3 Å². The van der Waals surface area contributed by atoms with Gasteiger partial charge in [-0.15, -0.1) is 0 Å². The molecule has 0 aliphatic carbocycles. The molecule has 126 valence electrons. The number of rotatable bonds is 5. The quantitative estimate of drug-likeness (QED) is 0.773. The van der Waals surface area contributed by atoms with Gasteiger partial charge >= 0.3 is 0 Å². The number of nitrogens with zero attached hydrogens (tertiary/aromatic N) is 3. The van der Waals surface area contributed by atoms with Crippen molar-refractivity contribution >= 4 is 23.1 Å². The Hall–Kier alpha value is -3.41. The van der Waals surface area contributed by atoms with Crippen molar-refractivity contribution in [2.75, 3.05) is 24.4 Å². The van der Waals surface area contributed by atoms with Crippen LogP contribution in [0.5, 0.6) is 5.75 Å². The van der Waals surface area contributed by atoms with Crippen molar-refractivity contribution in [1.82, 2.24) is 9.97 Å². The molecule has 3 rings (SSSR count). The summed E-state index contributed by atoms with van der Waals surface area (Å²) in [5.74, 6) is 1.15. The predicted molar refractivity (Wildman–Crippen MR) is 97.5 cm³/mol. The Morgan fingerprint density at radius 3 is 2.60 bits per heavy atom. The lowest BCUT2D eigenvalue weighted by Crippen LogP contribution is -2.14. The van der Waals surface area contributed by atoms with E-state index in [4.69, 9.17) is 4.74 Å². The van der Waals surface area contributed by atoms with Crippen LogP contribution in [0.4, 0.5) is 17.2 Å². The lowest BCUT2D eigenvalue weighted by atomic mass is 10.2. The molecular weight excluding hydrogens is 316 g/mol. The fourth-order valence-electron chi connectivity index (χ4n) is 2.36. The van der Waals surface area contributed by atoms with Crippen LogP contribution in [0.25, 0.3) is 0 Å². The summed E-state index contributed by atoms with van der Waals surface area (Å²) in [6.07, 6.45) is 4.92. The van der Waals surface area contributed by atoms with Gasteiger partial charge in [-0.1, -0.05) is 18.2 Å². The monoisotopic (exact) mass is 334 g/mol. The van der Waals surface area contributed by atoms with Crippen LogP contribution in [0.1, 0.15) is 10.4 Å². The first-order valence-corrected chi connectivity index (χ1v) is 7.72. The Labute approximate surface area is 146 Å². The van der Waals surface area contributed by atoms with E-state index in [0.717, 1.165) is 5.69 Å². The Morgan fingerprint density at radius 1 is 1.12 bits per heavy atom. The lowest BCUT2D eigenvalue weighted by molar-refractivity contribution is 0.102. The molecule has 0 unspecified atom stereocenters. The molecule has 0 bridgehead atoms. The van der Waals surface area contributed by atoms with Gasteiger partial charge in [0.05, 0.1) is 13.3 Å². The first kappa shape index (κ1) is 16.4. The second-order valence-electron chi connectivity index (χ2n) is 5.36. The second kappa shape index (κ2) is 7.44. The van der Waals surface area contributed by atoms with Gasteiger partial charge in [0.25, 0.3) is 5.91 Å². The van der Waals surface area contributed by atoms with Crippen molar-refractivity contribution in [3.05, 3.63) is 72.7 Å². The molecule has 0 saturated heterocycles. The minimum Gasteiger partial charge on any atom is -0.497 e. The van der Waals surface area contributed by atoms with Crippen LogP contribution < -0.4 is 15.0 Å². The van der Waals surface area contributed by atoms with E-state index in [-0.39, 0.29) is 5.91 Å². The SMILES string of the molecule is COc1cc(NC(=O)c2ccccc2)cc(N(C)c2cnccn2)c1. The maximum Gasteiger partial charge on any atom is 0.255 e. The maximum absolute atomic E-state index is 12.4. The molecule has 0 aliphatic rings. The average Bonchev–Trinajstić information content (AvgIpc) is 2.68. The molecule has 0 fully saturated rings. The molecule has 6 heteroatoms. The summed E-state index contributed by atoms with van der Waals surface area (Å²) in [5, 5.41) is 2.90. The van der Waals surface area contributed by atoms with Crippen molar-refractivity contribution in [1.29, 1.82) is 0 Å². The minimum atomic E-state index is -0.179. The van der Waals surface area contributed by atoms with Gasteiger partial charge in [0, 0.05) is 48.5 Å². The van der Waals surface area contributed by atoms with Gasteiger partial charge in [-0.05, 0) is 18.2 Å². The largest absolute Gasteiger partial charge is 0.497 e. The number of ether oxygens (including phenoxy) is 1. The summed E-state index contributed by atoms with van der Waals surface area (Å²) in [5.41, 5.74) is 2.05. The molecule has 0 atom stereocenters. The van der Waals surface area contributed by atoms with Crippen molar-refractivity contribution in [3.63, 3.8) is 0 Å². The Balaban J connectivity index is 1.89. The summed E-state index contributed by atoms with van der Waals surface area (Å²) in [7, 11) is 3.46. The number of hydrogen-bond acceptors (Lipinski definition) is 5. The third kappa shape index (κ3) is 3.92. The highest BCUT2D eigenvalue weighted by Gasteiger charge is 2.11. The Bertz CT molecular complexity index is 854. The second-order valence-corrected chi connectivity index (χ2v) is 5.36. The van der Waals surface area contributed by atoms with Crippen LogP contribution in [-0.4, -0.2) is 30.0 Å². The molecule has 1 N–H and O–H groups in total. The fourth-order valence-corrected chi connectivity index (χ4v) is 2.36. The minimum absolute atomic E-state index is 0.179. The van der Waals surface area contributed by atoms with Crippen molar-refractivity contribution < 1.29 is 9.53 Å². The molecule has 0 spiro atoms. The lowest BCUT2D eigenvalue weighted by Gasteiger charge is -2.19. The van der Waals surface area contributed by atoms with E-state index in [9.17, 15) is 4.79 Å². The van der Waals surface area contributed by atoms with Gasteiger partial charge in [0.15, 0.2) is 5.82 Å². The zero-order valence-corrected chi connectivity index (χ0v) is 14.0. The Kier molecular flexibility index (Phi) is 4.89. The number of carbonyl (C=O) groups excluding carboxylic acids is 1. The first-order chi connectivity index (χ1) is 12.2. The highest BCUT2D eigenvalue weighted by atomic mass is 16.5. The van der Waals surface area contributed by atoms with Gasteiger partial charge in [0.1, 0.15) is 5.75 Å². The third-order valence-electron chi connectivity index (χ3n) is 3.70. The fraction of sp³-hybridized carbons (Fsp3) is 0.105. The number of nitrogens with one attached hydrogen (secondary N) is 1. The molecular formula is C19H18N4O2. The van der Waals surface area contributed by atoms with Crippen LogP contribution in [0.3, 0.4) is 0 Å². The van der Waals surface area contributed by atoms with Crippen molar-refractivity contribution in [2.24, 2.45) is 0 Å². The van der Waals surface area contributed by atoms with Crippen LogP contribution >= 0.6 is 0 Å². The number of hydrogen-bond donors (Lipinski definition) is 1. The third-order valence-corrected chi connectivity index (χ3v) is 3.70. The molecule has 0 aliphatic heterocycles. The van der Waals surface area contributed by atoms with Crippen molar-refractivity contribution in [3.8, 4) is 5.75 Å². The average molecular weight is 334 g/mol. The summed E-state index contributed by atoms with van der Waals surface area (Å²) in [4.78, 5) is 22.6. The standard InChI is InChI=1S/C19H18N4O2/c1-23(18-13-20-8-9-21-18)16-10-15(11-17(12-16)25-2)22-19(24)14-6-4-3-5-7-14/h3-13H,1-2H3,(H,22,24). The van der Waals surface area contributed by atoms with Crippen molar-refractivity contribution in [2.45, 2.75) is 0 Å². The van der Waals surface area contributed by atoms with E-state index in [1.807, 2.05) is 42.3 Å². The molecule has 0 radical (unpaired) electrons. The molecule has 1 heterocycles. The highest BCUT2D eigenvalue weighted by Crippen LogP contribution is 2.29. The number of amides is 1. The van der Waals surface area contributed by atoms with E-state index in [1.54, 1.807) is 43.9 Å². The maximum atomic E-state index is 12.4. The van der Waals surface area contributed by atoms with Gasteiger partial charge in [-0.3, -0.25) is 9.78 Å². The van der Waals surface area contributed by atoms with E-state index >= 15 is 0 Å². The van der Waals surface area contributed by atoms with Crippen LogP contribution in [0.15, 0.2) is 67.1 Å². The van der Waals surface area contributed by atoms with E-state index in [0.29, 0.717) is 22.8 Å². The predicted octanol–water partition coefficient (Wildman–Crippen LogP) is 3.51. The zero-order valence-electron chi connectivity index (χ0n) is 14.0. The topological polar surface area (TPSA) is 67.3 Å². The molecule has 1 aromatic heterocycles.